The highest BCUT2D eigenvalue weighted by Gasteiger charge is 2.13. The van der Waals surface area contributed by atoms with E-state index in [0.717, 1.165) is 0 Å². The van der Waals surface area contributed by atoms with Gasteiger partial charge in [0.2, 0.25) is 0 Å². The summed E-state index contributed by atoms with van der Waals surface area (Å²) in [6.45, 7) is 0. The Bertz CT molecular complexity index is 1250. The lowest BCUT2D eigenvalue weighted by Gasteiger charge is -2.04. The maximum absolute atomic E-state index is 12.6. The Morgan fingerprint density at radius 3 is 2.42 bits per heavy atom. The van der Waals surface area contributed by atoms with Crippen molar-refractivity contribution in [3.05, 3.63) is 106 Å². The summed E-state index contributed by atoms with van der Waals surface area (Å²) in [5, 5.41) is 3.64. The first-order chi connectivity index (χ1) is 15.0. The zero-order valence-electron chi connectivity index (χ0n) is 16.0. The smallest absolute Gasteiger partial charge is 0.291 e. The quantitative estimate of drug-likeness (QED) is 0.253. The van der Waals surface area contributed by atoms with E-state index in [9.17, 15) is 9.59 Å². The summed E-state index contributed by atoms with van der Waals surface area (Å²) in [6, 6.07) is 18.5. The van der Waals surface area contributed by atoms with Crippen molar-refractivity contribution >= 4 is 46.7 Å². The first-order valence-electron chi connectivity index (χ1n) is 9.23. The van der Waals surface area contributed by atoms with Gasteiger partial charge in [0.1, 0.15) is 11.5 Å². The largest absolute Gasteiger partial charge is 0.459 e. The van der Waals surface area contributed by atoms with Gasteiger partial charge in [-0.3, -0.25) is 9.59 Å². The molecule has 31 heavy (non-hydrogen) atoms. The van der Waals surface area contributed by atoms with Crippen molar-refractivity contribution in [1.29, 1.82) is 0 Å². The van der Waals surface area contributed by atoms with E-state index in [-0.39, 0.29) is 11.5 Å². The molecule has 0 radical (unpaired) electrons. The molecule has 0 spiro atoms. The minimum Gasteiger partial charge on any atom is -0.459 e. The average molecular weight is 452 g/mol. The molecular formula is C24H15Cl2NO4. The van der Waals surface area contributed by atoms with Crippen LogP contribution in [0.25, 0.3) is 17.4 Å². The summed E-state index contributed by atoms with van der Waals surface area (Å²) in [4.78, 5) is 24.7. The van der Waals surface area contributed by atoms with Gasteiger partial charge in [-0.1, -0.05) is 41.4 Å². The number of halogens is 2. The first kappa shape index (κ1) is 20.7. The molecule has 0 atom stereocenters. The van der Waals surface area contributed by atoms with Gasteiger partial charge in [-0.05, 0) is 60.7 Å². The second-order valence-electron chi connectivity index (χ2n) is 6.51. The molecule has 0 unspecified atom stereocenters. The van der Waals surface area contributed by atoms with Crippen molar-refractivity contribution in [2.45, 2.75) is 0 Å². The van der Waals surface area contributed by atoms with E-state index in [4.69, 9.17) is 32.0 Å². The molecule has 0 saturated heterocycles. The highest BCUT2D eigenvalue weighted by molar-refractivity contribution is 6.39. The predicted molar refractivity (Wildman–Crippen MR) is 121 cm³/mol. The fourth-order valence-electron chi connectivity index (χ4n) is 2.91. The normalized spacial score (nSPS) is 11.0. The number of hydrogen-bond acceptors (Lipinski definition) is 4. The molecular weight excluding hydrogens is 437 g/mol. The number of allylic oxidation sites excluding steroid dienone is 1. The number of hydrogen-bond donors (Lipinski definition) is 1. The van der Waals surface area contributed by atoms with Crippen LogP contribution in [-0.4, -0.2) is 11.7 Å². The van der Waals surface area contributed by atoms with E-state index in [2.05, 4.69) is 5.32 Å². The van der Waals surface area contributed by atoms with Crippen molar-refractivity contribution < 1.29 is 18.4 Å². The number of benzene rings is 2. The monoisotopic (exact) mass is 451 g/mol. The molecule has 0 bridgehead atoms. The van der Waals surface area contributed by atoms with E-state index in [1.54, 1.807) is 72.8 Å². The highest BCUT2D eigenvalue weighted by Crippen LogP contribution is 2.35. The lowest BCUT2D eigenvalue weighted by atomic mass is 10.1. The summed E-state index contributed by atoms with van der Waals surface area (Å²) in [5.74, 6) is 0.519. The molecule has 4 rings (SSSR count). The fraction of sp³-hybridized carbons (Fsp3) is 0. The fourth-order valence-corrected chi connectivity index (χ4v) is 3.50. The van der Waals surface area contributed by atoms with Crippen LogP contribution in [0, 0.1) is 0 Å². The highest BCUT2D eigenvalue weighted by atomic mass is 35.5. The van der Waals surface area contributed by atoms with Crippen LogP contribution in [0.2, 0.25) is 10.0 Å². The maximum atomic E-state index is 12.6. The van der Waals surface area contributed by atoms with Gasteiger partial charge >= 0.3 is 0 Å². The first-order valence-corrected chi connectivity index (χ1v) is 9.98. The molecule has 1 amide bonds. The zero-order valence-corrected chi connectivity index (χ0v) is 17.5. The summed E-state index contributed by atoms with van der Waals surface area (Å²) < 4.78 is 10.8. The van der Waals surface area contributed by atoms with Crippen LogP contribution in [-0.2, 0) is 0 Å². The number of amides is 1. The number of nitrogens with one attached hydrogen (secondary N) is 1. The van der Waals surface area contributed by atoms with Crippen LogP contribution < -0.4 is 5.32 Å². The third kappa shape index (κ3) is 4.79. The van der Waals surface area contributed by atoms with Crippen molar-refractivity contribution in [3.8, 4) is 11.3 Å². The molecule has 154 valence electrons. The number of rotatable bonds is 6. The van der Waals surface area contributed by atoms with E-state index < -0.39 is 5.91 Å². The molecule has 5 nitrogen and oxygen atoms in total. The van der Waals surface area contributed by atoms with Crippen LogP contribution in [0.5, 0.6) is 0 Å². The van der Waals surface area contributed by atoms with E-state index in [1.807, 2.05) is 0 Å². The molecule has 0 fully saturated rings. The standard InChI is InChI=1S/C24H15Cl2NO4/c25-18-6-2-7-19(26)23(18)21-12-10-17(31-21)9-11-20(28)15-4-1-5-16(14-15)27-24(29)22-8-3-13-30-22/h1-14H,(H,27,29)/b11-9+. The molecule has 0 aliphatic carbocycles. The number of anilines is 1. The predicted octanol–water partition coefficient (Wildman–Crippen LogP) is 6.99. The minimum absolute atomic E-state index is 0.184. The Labute approximate surface area is 187 Å². The van der Waals surface area contributed by atoms with Crippen LogP contribution in [0.3, 0.4) is 0 Å². The van der Waals surface area contributed by atoms with Crippen LogP contribution in [0.1, 0.15) is 26.7 Å². The second-order valence-corrected chi connectivity index (χ2v) is 7.32. The van der Waals surface area contributed by atoms with Gasteiger partial charge in [-0.25, -0.2) is 0 Å². The van der Waals surface area contributed by atoms with Gasteiger partial charge in [-0.2, -0.15) is 0 Å². The van der Waals surface area contributed by atoms with Gasteiger partial charge in [0.05, 0.1) is 21.9 Å². The van der Waals surface area contributed by atoms with E-state index in [0.29, 0.717) is 38.4 Å². The van der Waals surface area contributed by atoms with Gasteiger partial charge in [-0.15, -0.1) is 0 Å². The van der Waals surface area contributed by atoms with Crippen molar-refractivity contribution in [2.75, 3.05) is 5.32 Å². The van der Waals surface area contributed by atoms with Crippen LogP contribution in [0.4, 0.5) is 5.69 Å². The summed E-state index contributed by atoms with van der Waals surface area (Å²) >= 11 is 12.4. The minimum atomic E-state index is -0.397. The molecule has 4 aromatic rings. The Morgan fingerprint density at radius 1 is 0.903 bits per heavy atom. The topological polar surface area (TPSA) is 72.5 Å². The summed E-state index contributed by atoms with van der Waals surface area (Å²) in [7, 11) is 0. The maximum Gasteiger partial charge on any atom is 0.291 e. The Kier molecular flexibility index (Phi) is 6.07. The summed E-state index contributed by atoms with van der Waals surface area (Å²) in [5.41, 5.74) is 1.49. The lowest BCUT2D eigenvalue weighted by Crippen LogP contribution is -2.11. The molecule has 0 saturated carbocycles. The zero-order chi connectivity index (χ0) is 21.8. The van der Waals surface area contributed by atoms with E-state index >= 15 is 0 Å². The molecule has 2 aromatic carbocycles. The molecule has 2 heterocycles. The molecule has 2 aromatic heterocycles. The molecule has 7 heteroatoms. The van der Waals surface area contributed by atoms with Gasteiger partial charge in [0.25, 0.3) is 5.91 Å². The number of furan rings is 2. The van der Waals surface area contributed by atoms with Crippen LogP contribution >= 0.6 is 23.2 Å². The number of ketones is 1. The number of carbonyl (C=O) groups is 2. The Morgan fingerprint density at radius 2 is 1.68 bits per heavy atom. The van der Waals surface area contributed by atoms with Gasteiger partial charge in [0, 0.05) is 11.3 Å². The third-order valence-electron chi connectivity index (χ3n) is 4.38. The van der Waals surface area contributed by atoms with Crippen molar-refractivity contribution in [1.82, 2.24) is 0 Å². The Balaban J connectivity index is 1.48. The Hall–Kier alpha value is -3.54. The van der Waals surface area contributed by atoms with Gasteiger partial charge < -0.3 is 14.2 Å². The van der Waals surface area contributed by atoms with Crippen molar-refractivity contribution in [2.24, 2.45) is 0 Å². The van der Waals surface area contributed by atoms with Gasteiger partial charge in [0.15, 0.2) is 11.5 Å². The third-order valence-corrected chi connectivity index (χ3v) is 5.01. The lowest BCUT2D eigenvalue weighted by molar-refractivity contribution is 0.0994. The SMILES string of the molecule is O=C(/C=C/c1ccc(-c2c(Cl)cccc2Cl)o1)c1cccc(NC(=O)c2ccco2)c1. The summed E-state index contributed by atoms with van der Waals surface area (Å²) in [6.07, 6.45) is 4.37. The van der Waals surface area contributed by atoms with Crippen molar-refractivity contribution in [3.63, 3.8) is 0 Å². The number of carbonyl (C=O) groups excluding carboxylic acids is 2. The molecule has 0 aliphatic heterocycles. The van der Waals surface area contributed by atoms with E-state index in [1.165, 1.54) is 12.3 Å². The molecule has 1 N–H and O–H groups in total. The second kappa shape index (κ2) is 9.08. The average Bonchev–Trinajstić information content (AvgIpc) is 3.45. The van der Waals surface area contributed by atoms with Crippen LogP contribution in [0.15, 0.2) is 87.9 Å². The molecule has 0 aliphatic rings.